The van der Waals surface area contributed by atoms with Gasteiger partial charge in [0.2, 0.25) is 42.4 Å². The molecule has 2 unspecified atom stereocenters. The summed E-state index contributed by atoms with van der Waals surface area (Å²) in [5.74, 6) is -0.384. The smallest absolute Gasteiger partial charge is 0.315 e. The first-order valence-corrected chi connectivity index (χ1v) is 29.7. The maximum Gasteiger partial charge on any atom is 0.315 e. The Bertz CT molecular complexity index is 2380. The van der Waals surface area contributed by atoms with Crippen molar-refractivity contribution in [3.05, 3.63) is 60.5 Å². The van der Waals surface area contributed by atoms with E-state index in [9.17, 15) is 47.9 Å². The molecule has 0 spiro atoms. The number of imide groups is 1. The predicted molar refractivity (Wildman–Crippen MR) is 324 cm³/mol. The van der Waals surface area contributed by atoms with Crippen molar-refractivity contribution in [2.75, 3.05) is 155 Å². The van der Waals surface area contributed by atoms with Gasteiger partial charge in [0.25, 0.3) is 11.8 Å². The van der Waals surface area contributed by atoms with Crippen molar-refractivity contribution in [3.63, 3.8) is 0 Å². The van der Waals surface area contributed by atoms with E-state index in [0.717, 1.165) is 99.0 Å². The number of nitrogens with zero attached hydrogens (tertiary/aromatic N) is 7. The van der Waals surface area contributed by atoms with Crippen LogP contribution in [0.25, 0.3) is 0 Å². The van der Waals surface area contributed by atoms with Crippen LogP contribution >= 0.6 is 24.0 Å². The Morgan fingerprint density at radius 3 is 1.77 bits per heavy atom. The van der Waals surface area contributed by atoms with Crippen LogP contribution in [0, 0.1) is 0 Å². The molecule has 0 aromatic heterocycles. The number of thiocarbonyl (C=S) groups is 1. The standard InChI is InChI=1S/C17H24N4O2S.C15H20N4O4.C12H21N5O3S.C11H21N3O/c1-18-11-6-8-12(9-7-11)19-15(22)5-3-2-4-14-16-13(10-24-14)20-17(23)21-16;1-12(18-8-6-17(11-20)7-9-18)10-16-13(21)4-5-19-14(22)2-3-15(19)23;1-13-7-11(19)16-2-4-17(5-3-16)12(20)8-15-10(18)6-14-9-21;1-3-4-11(9-12-2)14-7-5-13(10-15)6-8-14/h6-9,13-14,16,18H,2-5,10H2,1H3,(H,19,22)(H2,20,21,23);2-3,11H,1,4-10H2,(H,16,21);9,13H,2-8H2,1H3,(H,14,21)(H,15,18);4,10,12H,3,5-9H2,1-2H3/b;;;11-4-/t13?,14-,16?;;;/m0.../s1. The fourth-order valence-electron chi connectivity index (χ4n) is 9.42. The number of likely N-dealkylation sites (N-methyl/N-ethyl adjacent to an activating group) is 2. The molecule has 0 aliphatic carbocycles. The number of hydrogen-bond acceptors (Lipinski definition) is 17. The zero-order chi connectivity index (χ0) is 60.5. The van der Waals surface area contributed by atoms with Gasteiger partial charge in [-0.15, -0.1) is 0 Å². The maximum atomic E-state index is 12.0. The van der Waals surface area contributed by atoms with E-state index in [4.69, 9.17) is 0 Å². The molecule has 3 atom stereocenters. The fraction of sp³-hybridized carbons (Fsp3) is 0.582. The minimum Gasteiger partial charge on any atom is -0.388 e. The number of fused-ring (bicyclic) bond motifs is 1. The molecule has 83 heavy (non-hydrogen) atoms. The van der Waals surface area contributed by atoms with Crippen molar-refractivity contribution in [3.8, 4) is 0 Å². The highest BCUT2D eigenvalue weighted by molar-refractivity contribution is 8.00. The van der Waals surface area contributed by atoms with Crippen LogP contribution in [-0.4, -0.2) is 262 Å². The number of amides is 11. The zero-order valence-corrected chi connectivity index (χ0v) is 50.1. The highest BCUT2D eigenvalue weighted by Crippen LogP contribution is 2.33. The lowest BCUT2D eigenvalue weighted by Gasteiger charge is -2.35. The number of hydrogen-bond donors (Lipinski definition) is 9. The van der Waals surface area contributed by atoms with Crippen LogP contribution in [-0.2, 0) is 43.2 Å². The summed E-state index contributed by atoms with van der Waals surface area (Å²) in [6, 6.07) is 8.15. The Kier molecular flexibility index (Phi) is 31.0. The third-order valence-electron chi connectivity index (χ3n) is 14.2. The number of rotatable bonds is 26. The summed E-state index contributed by atoms with van der Waals surface area (Å²) in [7, 11) is 5.55. The van der Waals surface area contributed by atoms with E-state index in [2.05, 4.69) is 84.5 Å². The van der Waals surface area contributed by atoms with Crippen molar-refractivity contribution in [2.24, 2.45) is 0 Å². The summed E-state index contributed by atoms with van der Waals surface area (Å²) in [6.07, 6.45) is 11.0. The van der Waals surface area contributed by atoms with E-state index >= 15 is 0 Å². The SMILES string of the molecule is C=C(CNC(=O)CCN1C(=O)C=CC1=O)N1CCN(C=O)CC1.CC/C=C(/CNC)N1CCN(C=O)CC1.CNCC(=O)N1CCN(C(=O)CNC(=O)CNC=S)CC1.CNc1ccc(NC(=O)CCCC[C@@H]2SCC3NC(=O)NC32)cc1. The van der Waals surface area contributed by atoms with Gasteiger partial charge < -0.3 is 77.3 Å². The molecule has 6 aliphatic heterocycles. The number of thioether (sulfide) groups is 1. The van der Waals surface area contributed by atoms with Gasteiger partial charge in [0.15, 0.2) is 0 Å². The first-order chi connectivity index (χ1) is 40.1. The average Bonchev–Trinajstić information content (AvgIpc) is 4.34. The Morgan fingerprint density at radius 2 is 1.22 bits per heavy atom. The minimum atomic E-state index is -0.389. The highest BCUT2D eigenvalue weighted by atomic mass is 32.2. The number of anilines is 2. The van der Waals surface area contributed by atoms with Gasteiger partial charge in [-0.05, 0) is 57.6 Å². The van der Waals surface area contributed by atoms with Crippen molar-refractivity contribution >= 4 is 101 Å². The van der Waals surface area contributed by atoms with E-state index in [0.29, 0.717) is 77.1 Å². The summed E-state index contributed by atoms with van der Waals surface area (Å²) < 4.78 is 0. The van der Waals surface area contributed by atoms with Gasteiger partial charge in [-0.2, -0.15) is 11.8 Å². The molecule has 6 aliphatic rings. The van der Waals surface area contributed by atoms with E-state index in [-0.39, 0.29) is 85.5 Å². The largest absolute Gasteiger partial charge is 0.388 e. The van der Waals surface area contributed by atoms with Crippen molar-refractivity contribution in [1.82, 2.24) is 71.5 Å². The Morgan fingerprint density at radius 1 is 0.663 bits per heavy atom. The molecule has 5 fully saturated rings. The molecule has 0 radical (unpaired) electrons. The molecule has 0 saturated carbocycles. The third-order valence-corrected chi connectivity index (χ3v) is 15.8. The molecule has 28 heteroatoms. The fourth-order valence-corrected chi connectivity index (χ4v) is 11.0. The second-order valence-corrected chi connectivity index (χ2v) is 21.5. The summed E-state index contributed by atoms with van der Waals surface area (Å²) in [5.41, 5.74) is 5.23. The van der Waals surface area contributed by atoms with Crippen molar-refractivity contribution in [1.29, 1.82) is 0 Å². The van der Waals surface area contributed by atoms with Crippen LogP contribution < -0.4 is 47.9 Å². The monoisotopic (exact) mass is 1190 g/mol. The Hall–Kier alpha value is -7.30. The number of unbranched alkanes of at least 4 members (excludes halogenated alkanes) is 1. The summed E-state index contributed by atoms with van der Waals surface area (Å²) in [5, 5.41) is 26.2. The Balaban J connectivity index is 0.000000241. The summed E-state index contributed by atoms with van der Waals surface area (Å²) in [6.45, 7) is 16.0. The quantitative estimate of drug-likeness (QED) is 0.0175. The second-order valence-electron chi connectivity index (χ2n) is 20.0. The lowest BCUT2D eigenvalue weighted by atomic mass is 10.0. The summed E-state index contributed by atoms with van der Waals surface area (Å²) in [4.78, 5) is 126. The van der Waals surface area contributed by atoms with Gasteiger partial charge in [0, 0.05) is 157 Å². The molecule has 0 bridgehead atoms. The van der Waals surface area contributed by atoms with E-state index in [1.807, 2.05) is 59.9 Å². The lowest BCUT2D eigenvalue weighted by Crippen LogP contribution is -2.54. The van der Waals surface area contributed by atoms with Crippen LogP contribution in [0.1, 0.15) is 45.4 Å². The topological polar surface area (TPSA) is 302 Å². The third kappa shape index (κ3) is 24.2. The zero-order valence-electron chi connectivity index (χ0n) is 48.4. The van der Waals surface area contributed by atoms with Crippen LogP contribution in [0.2, 0.25) is 0 Å². The number of nitrogens with one attached hydrogen (secondary N) is 9. The molecule has 9 N–H and O–H groups in total. The van der Waals surface area contributed by atoms with Crippen LogP contribution in [0.4, 0.5) is 16.2 Å². The van der Waals surface area contributed by atoms with Crippen LogP contribution in [0.5, 0.6) is 0 Å². The normalized spacial score (nSPS) is 19.0. The van der Waals surface area contributed by atoms with E-state index in [1.54, 1.807) is 21.7 Å². The minimum absolute atomic E-state index is 0.0316. The van der Waals surface area contributed by atoms with Crippen molar-refractivity contribution in [2.45, 2.75) is 62.8 Å². The number of benzene rings is 1. The second kappa shape index (κ2) is 37.7. The number of allylic oxidation sites excluding steroid dienone is 1. The number of urea groups is 1. The number of piperazine rings is 3. The van der Waals surface area contributed by atoms with Gasteiger partial charge in [-0.1, -0.05) is 38.2 Å². The number of carbonyl (C=O) groups is 10. The average molecular weight is 1200 g/mol. The molecule has 1 aromatic carbocycles. The first kappa shape index (κ1) is 68.2. The highest BCUT2D eigenvalue weighted by Gasteiger charge is 2.42. The molecular weight excluding hydrogens is 1110 g/mol. The van der Waals surface area contributed by atoms with Gasteiger partial charge in [0.1, 0.15) is 0 Å². The van der Waals surface area contributed by atoms with E-state index in [1.165, 1.54) is 23.3 Å². The molecule has 6 heterocycles. The maximum absolute atomic E-state index is 12.0. The van der Waals surface area contributed by atoms with Crippen LogP contribution in [0.3, 0.4) is 0 Å². The molecule has 26 nitrogen and oxygen atoms in total. The number of carbonyl (C=O) groups excluding carboxylic acids is 10. The molecule has 5 saturated heterocycles. The first-order valence-electron chi connectivity index (χ1n) is 28.2. The predicted octanol–water partition coefficient (Wildman–Crippen LogP) is -1.09. The molecule has 11 amide bonds. The van der Waals surface area contributed by atoms with Gasteiger partial charge >= 0.3 is 6.03 Å². The lowest BCUT2D eigenvalue weighted by molar-refractivity contribution is -0.139. The van der Waals surface area contributed by atoms with Gasteiger partial charge in [0.05, 0.1) is 43.8 Å². The van der Waals surface area contributed by atoms with Gasteiger partial charge in [-0.3, -0.25) is 48.1 Å². The van der Waals surface area contributed by atoms with Crippen LogP contribution in [0.15, 0.2) is 60.5 Å². The molecule has 7 rings (SSSR count). The molecule has 1 aromatic rings. The molecule has 458 valence electrons. The molecular formula is C55H86N16O10S2. The summed E-state index contributed by atoms with van der Waals surface area (Å²) >= 11 is 6.45. The van der Waals surface area contributed by atoms with E-state index < -0.39 is 0 Å². The Labute approximate surface area is 497 Å². The van der Waals surface area contributed by atoms with Crippen molar-refractivity contribution < 1.29 is 47.9 Å². The van der Waals surface area contributed by atoms with Gasteiger partial charge in [-0.25, -0.2) is 4.79 Å².